The molecule has 4 nitrogen and oxygen atoms in total. The van der Waals surface area contributed by atoms with Crippen LogP contribution in [0.2, 0.25) is 0 Å². The second kappa shape index (κ2) is 5.16. The lowest BCUT2D eigenvalue weighted by Crippen LogP contribution is -2.24. The molecule has 18 heavy (non-hydrogen) atoms. The Labute approximate surface area is 104 Å². The van der Waals surface area contributed by atoms with E-state index in [4.69, 9.17) is 0 Å². The highest BCUT2D eigenvalue weighted by atomic mass is 19.1. The molecule has 1 aliphatic heterocycles. The van der Waals surface area contributed by atoms with Gasteiger partial charge < -0.3 is 9.64 Å². The van der Waals surface area contributed by atoms with Crippen molar-refractivity contribution in [1.82, 2.24) is 4.90 Å². The first kappa shape index (κ1) is 12.5. The van der Waals surface area contributed by atoms with Gasteiger partial charge in [-0.25, -0.2) is 9.18 Å². The summed E-state index contributed by atoms with van der Waals surface area (Å²) in [6, 6.07) is 4.30. The second-order valence-electron chi connectivity index (χ2n) is 4.22. The predicted octanol–water partition coefficient (Wildman–Crippen LogP) is 1.73. The van der Waals surface area contributed by atoms with Crippen LogP contribution in [-0.4, -0.2) is 30.4 Å². The van der Waals surface area contributed by atoms with Crippen LogP contribution in [0.1, 0.15) is 28.8 Å². The Morgan fingerprint density at radius 3 is 2.83 bits per heavy atom. The third kappa shape index (κ3) is 2.50. The van der Waals surface area contributed by atoms with Gasteiger partial charge in [-0.2, -0.15) is 0 Å². The van der Waals surface area contributed by atoms with Gasteiger partial charge in [0.25, 0.3) is 0 Å². The fraction of sp³-hybridized carbons (Fsp3) is 0.385. The van der Waals surface area contributed by atoms with Crippen molar-refractivity contribution in [3.05, 3.63) is 35.1 Å². The molecule has 1 fully saturated rings. The van der Waals surface area contributed by atoms with Crippen LogP contribution >= 0.6 is 0 Å². The predicted molar refractivity (Wildman–Crippen MR) is 62.4 cm³/mol. The second-order valence-corrected chi connectivity index (χ2v) is 4.22. The van der Waals surface area contributed by atoms with Gasteiger partial charge in [0.1, 0.15) is 5.82 Å². The highest BCUT2D eigenvalue weighted by Crippen LogP contribution is 2.17. The highest BCUT2D eigenvalue weighted by molar-refractivity contribution is 5.89. The summed E-state index contributed by atoms with van der Waals surface area (Å²) < 4.78 is 18.1. The van der Waals surface area contributed by atoms with E-state index in [9.17, 15) is 14.0 Å². The first-order chi connectivity index (χ1) is 8.61. The number of amides is 1. The van der Waals surface area contributed by atoms with Crippen LogP contribution in [0.5, 0.6) is 0 Å². The molecule has 1 heterocycles. The first-order valence-electron chi connectivity index (χ1n) is 5.76. The number of hydrogen-bond donors (Lipinski definition) is 0. The van der Waals surface area contributed by atoms with Gasteiger partial charge in [0.2, 0.25) is 5.91 Å². The number of halogens is 1. The Morgan fingerprint density at radius 2 is 2.28 bits per heavy atom. The minimum atomic E-state index is -0.698. The van der Waals surface area contributed by atoms with Gasteiger partial charge in [0, 0.05) is 19.5 Å². The van der Waals surface area contributed by atoms with Gasteiger partial charge in [-0.15, -0.1) is 0 Å². The maximum absolute atomic E-state index is 13.7. The van der Waals surface area contributed by atoms with E-state index < -0.39 is 11.8 Å². The number of ether oxygens (including phenoxy) is 1. The largest absolute Gasteiger partial charge is 0.465 e. The molecule has 0 N–H and O–H groups in total. The van der Waals surface area contributed by atoms with Gasteiger partial charge in [-0.05, 0) is 24.1 Å². The summed E-state index contributed by atoms with van der Waals surface area (Å²) in [5, 5.41) is 0. The molecule has 1 amide bonds. The summed E-state index contributed by atoms with van der Waals surface area (Å²) in [5.41, 5.74) is 0.587. The van der Waals surface area contributed by atoms with Crippen molar-refractivity contribution in [3.63, 3.8) is 0 Å². The van der Waals surface area contributed by atoms with E-state index >= 15 is 0 Å². The van der Waals surface area contributed by atoms with Crippen molar-refractivity contribution in [1.29, 1.82) is 0 Å². The Hall–Kier alpha value is -1.91. The summed E-state index contributed by atoms with van der Waals surface area (Å²) in [6.07, 6.45) is 1.41. The van der Waals surface area contributed by atoms with Gasteiger partial charge in [-0.3, -0.25) is 4.79 Å². The van der Waals surface area contributed by atoms with Crippen molar-refractivity contribution in [2.45, 2.75) is 19.4 Å². The number of carbonyl (C=O) groups is 2. The number of methoxy groups -OCH3 is 1. The molecule has 0 bridgehead atoms. The topological polar surface area (TPSA) is 46.6 Å². The number of hydrogen-bond acceptors (Lipinski definition) is 3. The van der Waals surface area contributed by atoms with Crippen molar-refractivity contribution in [2.24, 2.45) is 0 Å². The van der Waals surface area contributed by atoms with Gasteiger partial charge in [0.15, 0.2) is 0 Å². The molecule has 0 saturated carbocycles. The number of esters is 1. The van der Waals surface area contributed by atoms with Crippen molar-refractivity contribution in [3.8, 4) is 0 Å². The number of rotatable bonds is 3. The number of nitrogens with zero attached hydrogens (tertiary/aromatic N) is 1. The fourth-order valence-corrected chi connectivity index (χ4v) is 2.02. The van der Waals surface area contributed by atoms with Crippen molar-refractivity contribution in [2.75, 3.05) is 13.7 Å². The molecule has 1 saturated heterocycles. The molecule has 0 spiro atoms. The lowest BCUT2D eigenvalue weighted by Gasteiger charge is -2.15. The number of carbonyl (C=O) groups excluding carboxylic acids is 2. The molecular weight excluding hydrogens is 237 g/mol. The van der Waals surface area contributed by atoms with Gasteiger partial charge in [0.05, 0.1) is 12.7 Å². The molecular formula is C13H14FNO3. The third-order valence-corrected chi connectivity index (χ3v) is 2.98. The van der Waals surface area contributed by atoms with E-state index in [2.05, 4.69) is 4.74 Å². The molecule has 0 aromatic heterocycles. The van der Waals surface area contributed by atoms with E-state index in [0.29, 0.717) is 25.1 Å². The molecule has 1 aromatic carbocycles. The maximum Gasteiger partial charge on any atom is 0.340 e. The van der Waals surface area contributed by atoms with Gasteiger partial charge in [-0.1, -0.05) is 6.07 Å². The summed E-state index contributed by atoms with van der Waals surface area (Å²) >= 11 is 0. The Bertz CT molecular complexity index is 487. The SMILES string of the molecule is COC(=O)c1ccc(CN2CCCC2=O)cc1F. The standard InChI is InChI=1S/C13H14FNO3/c1-18-13(17)10-5-4-9(7-11(10)14)8-15-6-2-3-12(15)16/h4-5,7H,2-3,6,8H2,1H3. The number of likely N-dealkylation sites (tertiary alicyclic amines) is 1. The number of benzene rings is 1. The zero-order valence-electron chi connectivity index (χ0n) is 10.1. The van der Waals surface area contributed by atoms with Crippen LogP contribution in [0.3, 0.4) is 0 Å². The minimum absolute atomic E-state index is 0.0889. The zero-order valence-corrected chi connectivity index (χ0v) is 10.1. The van der Waals surface area contributed by atoms with Crippen LogP contribution < -0.4 is 0 Å². The van der Waals surface area contributed by atoms with Crippen LogP contribution in [-0.2, 0) is 16.1 Å². The molecule has 2 rings (SSSR count). The van der Waals surface area contributed by atoms with Crippen molar-refractivity contribution < 1.29 is 18.7 Å². The van der Waals surface area contributed by atoms with E-state index in [1.165, 1.54) is 19.2 Å². The van der Waals surface area contributed by atoms with Crippen LogP contribution in [0.15, 0.2) is 18.2 Å². The quantitative estimate of drug-likeness (QED) is 0.769. The lowest BCUT2D eigenvalue weighted by atomic mass is 10.1. The molecule has 0 unspecified atom stereocenters. The average molecular weight is 251 g/mol. The van der Waals surface area contributed by atoms with Gasteiger partial charge >= 0.3 is 5.97 Å². The normalized spacial score (nSPS) is 15.0. The lowest BCUT2D eigenvalue weighted by molar-refractivity contribution is -0.128. The van der Waals surface area contributed by atoms with Crippen LogP contribution in [0.4, 0.5) is 4.39 Å². The molecule has 96 valence electrons. The smallest absolute Gasteiger partial charge is 0.340 e. The fourth-order valence-electron chi connectivity index (χ4n) is 2.02. The maximum atomic E-state index is 13.7. The first-order valence-corrected chi connectivity index (χ1v) is 5.76. The van der Waals surface area contributed by atoms with E-state index in [1.54, 1.807) is 11.0 Å². The molecule has 5 heteroatoms. The molecule has 1 aromatic rings. The van der Waals surface area contributed by atoms with Crippen LogP contribution in [0.25, 0.3) is 0 Å². The van der Waals surface area contributed by atoms with Crippen LogP contribution in [0, 0.1) is 5.82 Å². The van der Waals surface area contributed by atoms with E-state index in [-0.39, 0.29) is 11.5 Å². The van der Waals surface area contributed by atoms with E-state index in [0.717, 1.165) is 6.42 Å². The summed E-state index contributed by atoms with van der Waals surface area (Å²) in [7, 11) is 1.21. The Balaban J connectivity index is 2.13. The molecule has 0 atom stereocenters. The molecule has 1 aliphatic rings. The Morgan fingerprint density at radius 1 is 1.50 bits per heavy atom. The van der Waals surface area contributed by atoms with Crippen molar-refractivity contribution >= 4 is 11.9 Å². The zero-order chi connectivity index (χ0) is 13.1. The molecule has 0 aliphatic carbocycles. The summed E-state index contributed by atoms with van der Waals surface area (Å²) in [5.74, 6) is -1.23. The Kier molecular flexibility index (Phi) is 3.60. The molecule has 0 radical (unpaired) electrons. The van der Waals surface area contributed by atoms with E-state index in [1.807, 2.05) is 0 Å². The summed E-state index contributed by atoms with van der Waals surface area (Å²) in [4.78, 5) is 24.3. The third-order valence-electron chi connectivity index (χ3n) is 2.98. The highest BCUT2D eigenvalue weighted by Gasteiger charge is 2.21. The monoisotopic (exact) mass is 251 g/mol. The average Bonchev–Trinajstić information content (AvgIpc) is 2.74. The minimum Gasteiger partial charge on any atom is -0.465 e. The summed E-state index contributed by atoms with van der Waals surface area (Å²) in [6.45, 7) is 1.09.